The lowest BCUT2D eigenvalue weighted by Crippen LogP contribution is -2.27. The van der Waals surface area contributed by atoms with Crippen molar-refractivity contribution in [2.45, 2.75) is 12.5 Å². The molecule has 0 radical (unpaired) electrons. The standard InChI is InChI=1S/C22H19N3O2.2ClH/c23-11-19-13-25(22(26)27-19)18-4-6-21-17(10-18)9-16-8-14(3-5-20(16)21)15-2-1-7-24-12-15;;/h1-8,10,12,19H,9,11,13,23H2;2*1H/t19-;;/m0../s1. The van der Waals surface area contributed by atoms with Gasteiger partial charge in [-0.15, -0.1) is 24.8 Å². The van der Waals surface area contributed by atoms with E-state index in [4.69, 9.17) is 10.5 Å². The molecule has 0 bridgehead atoms. The molecule has 2 aromatic carbocycles. The maximum absolute atomic E-state index is 12.1. The molecule has 2 N–H and O–H groups in total. The third kappa shape index (κ3) is 3.69. The predicted octanol–water partition coefficient (Wildman–Crippen LogP) is 4.45. The lowest BCUT2D eigenvalue weighted by atomic mass is 10.0. The highest BCUT2D eigenvalue weighted by atomic mass is 35.5. The number of rotatable bonds is 3. The predicted molar refractivity (Wildman–Crippen MR) is 119 cm³/mol. The molecule has 1 atom stereocenters. The van der Waals surface area contributed by atoms with Crippen molar-refractivity contribution in [3.63, 3.8) is 0 Å². The second-order valence-corrected chi connectivity index (χ2v) is 6.98. The number of nitrogens with zero attached hydrogens (tertiary/aromatic N) is 2. The van der Waals surface area contributed by atoms with Crippen molar-refractivity contribution >= 4 is 36.6 Å². The summed E-state index contributed by atoms with van der Waals surface area (Å²) in [6.45, 7) is 0.849. The number of amides is 1. The molecular weight excluding hydrogens is 409 g/mol. The third-order valence-corrected chi connectivity index (χ3v) is 5.31. The minimum Gasteiger partial charge on any atom is -0.443 e. The number of anilines is 1. The number of ether oxygens (including phenoxy) is 1. The number of fused-ring (bicyclic) bond motifs is 3. The summed E-state index contributed by atoms with van der Waals surface area (Å²) in [5.74, 6) is 0. The number of carbonyl (C=O) groups excluding carboxylic acids is 1. The van der Waals surface area contributed by atoms with Crippen LogP contribution in [-0.2, 0) is 11.2 Å². The van der Waals surface area contributed by atoms with Crippen molar-refractivity contribution in [2.75, 3.05) is 18.0 Å². The number of nitrogens with two attached hydrogens (primary N) is 1. The fourth-order valence-corrected chi connectivity index (χ4v) is 3.93. The molecule has 29 heavy (non-hydrogen) atoms. The Balaban J connectivity index is 0.00000120. The molecule has 7 heteroatoms. The van der Waals surface area contributed by atoms with E-state index in [0.717, 1.165) is 17.7 Å². The zero-order chi connectivity index (χ0) is 18.4. The van der Waals surface area contributed by atoms with Gasteiger partial charge in [-0.25, -0.2) is 4.79 Å². The Morgan fingerprint density at radius 2 is 1.79 bits per heavy atom. The lowest BCUT2D eigenvalue weighted by molar-refractivity contribution is 0.145. The molecular formula is C22H21Cl2N3O2. The van der Waals surface area contributed by atoms with Crippen LogP contribution in [-0.4, -0.2) is 30.3 Å². The van der Waals surface area contributed by atoms with Crippen LogP contribution in [0.5, 0.6) is 0 Å². The molecule has 150 valence electrons. The first-order chi connectivity index (χ1) is 13.2. The van der Waals surface area contributed by atoms with Gasteiger partial charge in [0, 0.05) is 24.6 Å². The molecule has 1 saturated heterocycles. The fraction of sp³-hybridized carbons (Fsp3) is 0.182. The summed E-state index contributed by atoms with van der Waals surface area (Å²) in [7, 11) is 0. The fourth-order valence-electron chi connectivity index (χ4n) is 3.93. The van der Waals surface area contributed by atoms with Crippen molar-refractivity contribution < 1.29 is 9.53 Å². The van der Waals surface area contributed by atoms with Crippen LogP contribution in [0.25, 0.3) is 22.3 Å². The maximum Gasteiger partial charge on any atom is 0.414 e. The lowest BCUT2D eigenvalue weighted by Gasteiger charge is -2.14. The molecule has 1 aliphatic carbocycles. The maximum atomic E-state index is 12.1. The average molecular weight is 430 g/mol. The highest BCUT2D eigenvalue weighted by Gasteiger charge is 2.32. The minimum absolute atomic E-state index is 0. The molecule has 0 spiro atoms. The van der Waals surface area contributed by atoms with Crippen LogP contribution in [0.3, 0.4) is 0 Å². The number of hydrogen-bond donors (Lipinski definition) is 1. The summed E-state index contributed by atoms with van der Waals surface area (Å²) in [6, 6.07) is 16.8. The Morgan fingerprint density at radius 3 is 2.48 bits per heavy atom. The second-order valence-electron chi connectivity index (χ2n) is 6.98. The van der Waals surface area contributed by atoms with E-state index in [1.165, 1.54) is 27.8 Å². The summed E-state index contributed by atoms with van der Waals surface area (Å²) in [5.41, 5.74) is 13.8. The Hall–Kier alpha value is -2.60. The van der Waals surface area contributed by atoms with E-state index in [-0.39, 0.29) is 37.0 Å². The summed E-state index contributed by atoms with van der Waals surface area (Å²) < 4.78 is 5.28. The van der Waals surface area contributed by atoms with Gasteiger partial charge in [-0.2, -0.15) is 0 Å². The van der Waals surface area contributed by atoms with Gasteiger partial charge in [0.2, 0.25) is 0 Å². The molecule has 2 heterocycles. The Bertz CT molecular complexity index is 1040. The quantitative estimate of drug-likeness (QED) is 0.522. The highest BCUT2D eigenvalue weighted by molar-refractivity contribution is 5.91. The largest absolute Gasteiger partial charge is 0.443 e. The van der Waals surface area contributed by atoms with Gasteiger partial charge >= 0.3 is 6.09 Å². The van der Waals surface area contributed by atoms with Crippen LogP contribution in [0, 0.1) is 0 Å². The van der Waals surface area contributed by atoms with Gasteiger partial charge in [-0.05, 0) is 58.0 Å². The van der Waals surface area contributed by atoms with Crippen LogP contribution in [0.1, 0.15) is 11.1 Å². The van der Waals surface area contributed by atoms with E-state index in [2.05, 4.69) is 41.4 Å². The van der Waals surface area contributed by atoms with Gasteiger partial charge in [0.05, 0.1) is 6.54 Å². The Labute approximate surface area is 181 Å². The Morgan fingerprint density at radius 1 is 1.03 bits per heavy atom. The molecule has 3 aromatic rings. The van der Waals surface area contributed by atoms with Crippen molar-refractivity contribution in [3.05, 3.63) is 72.1 Å². The summed E-state index contributed by atoms with van der Waals surface area (Å²) >= 11 is 0. The molecule has 5 rings (SSSR count). The van der Waals surface area contributed by atoms with Gasteiger partial charge in [0.15, 0.2) is 0 Å². The molecule has 1 amide bonds. The topological polar surface area (TPSA) is 68.5 Å². The Kier molecular flexibility index (Phi) is 6.13. The van der Waals surface area contributed by atoms with E-state index in [9.17, 15) is 4.79 Å². The van der Waals surface area contributed by atoms with Gasteiger partial charge in [-0.3, -0.25) is 9.88 Å². The van der Waals surface area contributed by atoms with Crippen LogP contribution in [0.4, 0.5) is 10.5 Å². The van der Waals surface area contributed by atoms with Crippen molar-refractivity contribution in [1.82, 2.24) is 4.98 Å². The monoisotopic (exact) mass is 429 g/mol. The van der Waals surface area contributed by atoms with Gasteiger partial charge in [0.25, 0.3) is 0 Å². The zero-order valence-corrected chi connectivity index (χ0v) is 17.2. The van der Waals surface area contributed by atoms with E-state index < -0.39 is 0 Å². The third-order valence-electron chi connectivity index (χ3n) is 5.31. The first-order valence-electron chi connectivity index (χ1n) is 9.08. The van der Waals surface area contributed by atoms with Gasteiger partial charge in [-0.1, -0.05) is 30.3 Å². The SMILES string of the molecule is Cl.Cl.NC[C@H]1CN(c2ccc3c(c2)Cc2cc(-c4cccnc4)ccc2-3)C(=O)O1. The number of pyridine rings is 1. The molecule has 0 saturated carbocycles. The van der Waals surface area contributed by atoms with Gasteiger partial charge in [0.1, 0.15) is 6.10 Å². The number of hydrogen-bond acceptors (Lipinski definition) is 4. The summed E-state index contributed by atoms with van der Waals surface area (Å²) in [6.07, 6.45) is 3.97. The molecule has 1 aliphatic heterocycles. The van der Waals surface area contributed by atoms with E-state index in [0.29, 0.717) is 13.1 Å². The number of aromatic nitrogens is 1. The molecule has 5 nitrogen and oxygen atoms in total. The second kappa shape index (κ2) is 8.41. The highest BCUT2D eigenvalue weighted by Crippen LogP contribution is 2.40. The minimum atomic E-state index is -0.320. The molecule has 1 aromatic heterocycles. The summed E-state index contributed by atoms with van der Waals surface area (Å²) in [4.78, 5) is 18.0. The van der Waals surface area contributed by atoms with Crippen molar-refractivity contribution in [3.8, 4) is 22.3 Å². The zero-order valence-electron chi connectivity index (χ0n) is 15.6. The molecule has 0 unspecified atom stereocenters. The van der Waals surface area contributed by atoms with Crippen LogP contribution >= 0.6 is 24.8 Å². The van der Waals surface area contributed by atoms with Crippen molar-refractivity contribution in [2.24, 2.45) is 5.73 Å². The first kappa shape index (κ1) is 21.1. The van der Waals surface area contributed by atoms with E-state index in [1.54, 1.807) is 11.1 Å². The van der Waals surface area contributed by atoms with Crippen LogP contribution in [0.15, 0.2) is 60.9 Å². The average Bonchev–Trinajstić information content (AvgIpc) is 3.27. The van der Waals surface area contributed by atoms with E-state index in [1.807, 2.05) is 18.3 Å². The van der Waals surface area contributed by atoms with Gasteiger partial charge < -0.3 is 10.5 Å². The van der Waals surface area contributed by atoms with Crippen LogP contribution < -0.4 is 10.6 Å². The van der Waals surface area contributed by atoms with Crippen LogP contribution in [0.2, 0.25) is 0 Å². The van der Waals surface area contributed by atoms with E-state index >= 15 is 0 Å². The molecule has 1 fully saturated rings. The number of benzene rings is 2. The number of carbonyl (C=O) groups is 1. The number of cyclic esters (lactones) is 1. The first-order valence-corrected chi connectivity index (χ1v) is 9.08. The number of halogens is 2. The summed E-state index contributed by atoms with van der Waals surface area (Å²) in [5, 5.41) is 0. The smallest absolute Gasteiger partial charge is 0.414 e. The molecule has 2 aliphatic rings. The van der Waals surface area contributed by atoms with Crippen molar-refractivity contribution in [1.29, 1.82) is 0 Å². The normalized spacial score (nSPS) is 16.4.